The largest absolute Gasteiger partial charge is 0.378 e. The summed E-state index contributed by atoms with van der Waals surface area (Å²) in [5, 5.41) is 0. The summed E-state index contributed by atoms with van der Waals surface area (Å²) in [4.78, 5) is 27.8. The van der Waals surface area contributed by atoms with E-state index in [9.17, 15) is 9.59 Å². The van der Waals surface area contributed by atoms with Crippen molar-refractivity contribution in [2.45, 2.75) is 6.92 Å². The number of morpholine rings is 1. The molecule has 0 N–H and O–H groups in total. The summed E-state index contributed by atoms with van der Waals surface area (Å²) in [5.74, 6) is 0.786. The number of ether oxygens (including phenoxy) is 1. The van der Waals surface area contributed by atoms with Crippen molar-refractivity contribution in [2.24, 2.45) is 0 Å². The number of benzene rings is 1. The van der Waals surface area contributed by atoms with E-state index in [1.807, 2.05) is 37.3 Å². The average Bonchev–Trinajstić information content (AvgIpc) is 2.57. The first-order valence-corrected chi connectivity index (χ1v) is 8.66. The maximum atomic E-state index is 12.3. The SMILES string of the molecule is CCN(C(=O)CSCC(=O)N1CCOCC1)c1ccccc1. The molecule has 6 heteroatoms. The van der Waals surface area contributed by atoms with Gasteiger partial charge >= 0.3 is 0 Å². The van der Waals surface area contributed by atoms with Crippen LogP contribution < -0.4 is 4.90 Å². The lowest BCUT2D eigenvalue weighted by molar-refractivity contribution is -0.132. The van der Waals surface area contributed by atoms with E-state index in [0.29, 0.717) is 44.4 Å². The Kier molecular flexibility index (Phi) is 6.74. The zero-order valence-electron chi connectivity index (χ0n) is 12.9. The molecule has 1 heterocycles. The van der Waals surface area contributed by atoms with Gasteiger partial charge in [-0.25, -0.2) is 0 Å². The fourth-order valence-electron chi connectivity index (χ4n) is 2.32. The Labute approximate surface area is 135 Å². The van der Waals surface area contributed by atoms with Gasteiger partial charge in [-0.2, -0.15) is 0 Å². The van der Waals surface area contributed by atoms with Gasteiger partial charge in [-0.05, 0) is 19.1 Å². The lowest BCUT2D eigenvalue weighted by Crippen LogP contribution is -2.41. The molecule has 1 aliphatic heterocycles. The molecule has 1 saturated heterocycles. The van der Waals surface area contributed by atoms with Crippen LogP contribution in [0.25, 0.3) is 0 Å². The van der Waals surface area contributed by atoms with Gasteiger partial charge in [0.25, 0.3) is 0 Å². The Balaban J connectivity index is 1.78. The highest BCUT2D eigenvalue weighted by atomic mass is 32.2. The maximum absolute atomic E-state index is 12.3. The van der Waals surface area contributed by atoms with Crippen LogP contribution in [0.5, 0.6) is 0 Å². The highest BCUT2D eigenvalue weighted by Gasteiger charge is 2.18. The first kappa shape index (κ1) is 16.8. The summed E-state index contributed by atoms with van der Waals surface area (Å²) < 4.78 is 5.23. The van der Waals surface area contributed by atoms with Crippen LogP contribution >= 0.6 is 11.8 Å². The highest BCUT2D eigenvalue weighted by Crippen LogP contribution is 2.15. The minimum atomic E-state index is 0.0356. The minimum Gasteiger partial charge on any atom is -0.378 e. The Hall–Kier alpha value is -1.53. The van der Waals surface area contributed by atoms with E-state index in [1.54, 1.807) is 9.80 Å². The lowest BCUT2D eigenvalue weighted by atomic mass is 10.3. The summed E-state index contributed by atoms with van der Waals surface area (Å²) in [6.07, 6.45) is 0. The molecular formula is C16H22N2O3S. The molecule has 1 aromatic carbocycles. The Bertz CT molecular complexity index is 489. The Morgan fingerprint density at radius 2 is 1.86 bits per heavy atom. The van der Waals surface area contributed by atoms with Crippen LogP contribution in [0.1, 0.15) is 6.92 Å². The molecular weight excluding hydrogens is 300 g/mol. The van der Waals surface area contributed by atoms with Crippen molar-refractivity contribution in [2.75, 3.05) is 49.3 Å². The van der Waals surface area contributed by atoms with E-state index in [4.69, 9.17) is 4.74 Å². The van der Waals surface area contributed by atoms with Crippen LogP contribution in [-0.2, 0) is 14.3 Å². The number of anilines is 1. The van der Waals surface area contributed by atoms with E-state index in [-0.39, 0.29) is 11.8 Å². The second kappa shape index (κ2) is 8.80. The van der Waals surface area contributed by atoms with Gasteiger partial charge in [-0.1, -0.05) is 18.2 Å². The van der Waals surface area contributed by atoms with Gasteiger partial charge in [0.1, 0.15) is 0 Å². The van der Waals surface area contributed by atoms with Crippen molar-refractivity contribution in [3.63, 3.8) is 0 Å². The van der Waals surface area contributed by atoms with Crippen LogP contribution in [0.4, 0.5) is 5.69 Å². The molecule has 0 atom stereocenters. The quantitative estimate of drug-likeness (QED) is 0.799. The molecule has 0 spiro atoms. The van der Waals surface area contributed by atoms with Crippen LogP contribution in [0.3, 0.4) is 0 Å². The van der Waals surface area contributed by atoms with Crippen LogP contribution in [-0.4, -0.2) is 61.1 Å². The summed E-state index contributed by atoms with van der Waals surface area (Å²) >= 11 is 1.38. The summed E-state index contributed by atoms with van der Waals surface area (Å²) in [6.45, 7) is 5.09. The van der Waals surface area contributed by atoms with Gasteiger partial charge < -0.3 is 14.5 Å². The zero-order valence-corrected chi connectivity index (χ0v) is 13.7. The van der Waals surface area contributed by atoms with Gasteiger partial charge in [-0.15, -0.1) is 11.8 Å². The standard InChI is InChI=1S/C16H22N2O3S/c1-2-18(14-6-4-3-5-7-14)16(20)13-22-12-15(19)17-8-10-21-11-9-17/h3-7H,2,8-13H2,1H3. The smallest absolute Gasteiger partial charge is 0.236 e. The van der Waals surface area contributed by atoms with E-state index < -0.39 is 0 Å². The van der Waals surface area contributed by atoms with E-state index >= 15 is 0 Å². The molecule has 0 bridgehead atoms. The molecule has 0 unspecified atom stereocenters. The second-order valence-corrected chi connectivity index (χ2v) is 5.95. The van der Waals surface area contributed by atoms with Crippen molar-refractivity contribution in [3.8, 4) is 0 Å². The van der Waals surface area contributed by atoms with Gasteiger partial charge in [0, 0.05) is 25.3 Å². The molecule has 0 saturated carbocycles. The molecule has 22 heavy (non-hydrogen) atoms. The molecule has 2 rings (SSSR count). The van der Waals surface area contributed by atoms with Crippen molar-refractivity contribution in [1.82, 2.24) is 4.90 Å². The number of para-hydroxylation sites is 1. The highest BCUT2D eigenvalue weighted by molar-refractivity contribution is 8.00. The van der Waals surface area contributed by atoms with Crippen LogP contribution in [0.15, 0.2) is 30.3 Å². The topological polar surface area (TPSA) is 49.9 Å². The van der Waals surface area contributed by atoms with Crippen LogP contribution in [0.2, 0.25) is 0 Å². The fourth-order valence-corrected chi connectivity index (χ4v) is 3.11. The molecule has 1 aliphatic rings. The number of carbonyl (C=O) groups is 2. The molecule has 0 radical (unpaired) electrons. The van der Waals surface area contributed by atoms with Crippen molar-refractivity contribution in [3.05, 3.63) is 30.3 Å². The molecule has 1 fully saturated rings. The number of rotatable bonds is 6. The van der Waals surface area contributed by atoms with Crippen molar-refractivity contribution < 1.29 is 14.3 Å². The van der Waals surface area contributed by atoms with Crippen LogP contribution in [0, 0.1) is 0 Å². The van der Waals surface area contributed by atoms with Gasteiger partial charge in [0.05, 0.1) is 24.7 Å². The number of hydrogen-bond acceptors (Lipinski definition) is 4. The van der Waals surface area contributed by atoms with Gasteiger partial charge in [-0.3, -0.25) is 9.59 Å². The zero-order chi connectivity index (χ0) is 15.8. The van der Waals surface area contributed by atoms with E-state index in [1.165, 1.54) is 11.8 Å². The molecule has 0 aromatic heterocycles. The normalized spacial score (nSPS) is 14.7. The summed E-state index contributed by atoms with van der Waals surface area (Å²) in [6, 6.07) is 9.61. The molecule has 0 aliphatic carbocycles. The number of carbonyl (C=O) groups excluding carboxylic acids is 2. The van der Waals surface area contributed by atoms with Crippen molar-refractivity contribution >= 4 is 29.3 Å². The third-order valence-corrected chi connectivity index (χ3v) is 4.40. The minimum absolute atomic E-state index is 0.0356. The fraction of sp³-hybridized carbons (Fsp3) is 0.500. The number of amides is 2. The van der Waals surface area contributed by atoms with E-state index in [0.717, 1.165) is 5.69 Å². The Morgan fingerprint density at radius 1 is 1.18 bits per heavy atom. The average molecular weight is 322 g/mol. The predicted octanol–water partition coefficient (Wildman–Crippen LogP) is 1.63. The van der Waals surface area contributed by atoms with Gasteiger partial charge in [0.2, 0.25) is 11.8 Å². The number of nitrogens with zero attached hydrogens (tertiary/aromatic N) is 2. The molecule has 1 aromatic rings. The molecule has 5 nitrogen and oxygen atoms in total. The summed E-state index contributed by atoms with van der Waals surface area (Å²) in [7, 11) is 0. The van der Waals surface area contributed by atoms with Gasteiger partial charge in [0.15, 0.2) is 0 Å². The number of thioether (sulfide) groups is 1. The second-order valence-electron chi connectivity index (χ2n) is 4.96. The Morgan fingerprint density at radius 3 is 2.50 bits per heavy atom. The monoisotopic (exact) mass is 322 g/mol. The third-order valence-electron chi connectivity index (χ3n) is 3.50. The third kappa shape index (κ3) is 4.74. The maximum Gasteiger partial charge on any atom is 0.236 e. The predicted molar refractivity (Wildman–Crippen MR) is 89.2 cm³/mol. The molecule has 2 amide bonds. The molecule has 120 valence electrons. The van der Waals surface area contributed by atoms with Crippen molar-refractivity contribution in [1.29, 1.82) is 0 Å². The first-order valence-electron chi connectivity index (χ1n) is 7.51. The van der Waals surface area contributed by atoms with E-state index in [2.05, 4.69) is 0 Å². The summed E-state index contributed by atoms with van der Waals surface area (Å²) in [5.41, 5.74) is 0.898. The number of hydrogen-bond donors (Lipinski definition) is 0. The first-order chi connectivity index (χ1) is 10.7. The lowest BCUT2D eigenvalue weighted by Gasteiger charge is -2.26.